The fourth-order valence-electron chi connectivity index (χ4n) is 4.49. The molecule has 158 valence electrons. The smallest absolute Gasteiger partial charge is 0.252 e. The lowest BCUT2D eigenvalue weighted by Gasteiger charge is -2.36. The molecule has 1 aliphatic rings. The van der Waals surface area contributed by atoms with Gasteiger partial charge in [0, 0.05) is 43.0 Å². The fraction of sp³-hybridized carbons (Fsp3) is 0.435. The van der Waals surface area contributed by atoms with Crippen molar-refractivity contribution in [1.29, 1.82) is 0 Å². The van der Waals surface area contributed by atoms with Crippen molar-refractivity contribution in [2.45, 2.75) is 33.2 Å². The van der Waals surface area contributed by atoms with Gasteiger partial charge in [-0.15, -0.1) is 0 Å². The van der Waals surface area contributed by atoms with Crippen LogP contribution in [0.25, 0.3) is 10.9 Å². The molecule has 1 unspecified atom stereocenters. The van der Waals surface area contributed by atoms with Crippen LogP contribution in [0.1, 0.15) is 39.1 Å². The number of pyridine rings is 1. The molecule has 0 saturated carbocycles. The summed E-state index contributed by atoms with van der Waals surface area (Å²) >= 11 is 0. The lowest BCUT2D eigenvalue weighted by atomic mass is 9.92. The van der Waals surface area contributed by atoms with Crippen LogP contribution in [-0.4, -0.2) is 27.6 Å². The number of fused-ring (bicyclic) bond motifs is 1. The Morgan fingerprint density at radius 1 is 1.13 bits per heavy atom. The molecule has 7 heteroatoms. The number of benzene rings is 1. The molecule has 1 saturated heterocycles. The van der Waals surface area contributed by atoms with Gasteiger partial charge in [0.25, 0.3) is 5.56 Å². The zero-order valence-corrected chi connectivity index (χ0v) is 18.1. The summed E-state index contributed by atoms with van der Waals surface area (Å²) < 4.78 is 1.62. The van der Waals surface area contributed by atoms with Crippen molar-refractivity contribution in [1.82, 2.24) is 14.5 Å². The summed E-state index contributed by atoms with van der Waals surface area (Å²) in [7, 11) is 1.76. The van der Waals surface area contributed by atoms with Crippen LogP contribution in [-0.2, 0) is 7.05 Å². The summed E-state index contributed by atoms with van der Waals surface area (Å²) in [6, 6.07) is 7.00. The molecule has 0 aliphatic carbocycles. The molecule has 4 rings (SSSR count). The number of hydrogen-bond donors (Lipinski definition) is 2. The number of aryl methyl sites for hydroxylation is 1. The first-order valence-electron chi connectivity index (χ1n) is 10.5. The van der Waals surface area contributed by atoms with Crippen molar-refractivity contribution in [3.05, 3.63) is 52.8 Å². The van der Waals surface area contributed by atoms with Crippen LogP contribution in [0.3, 0.4) is 0 Å². The minimum Gasteiger partial charge on any atom is -0.399 e. The molecule has 1 aliphatic heterocycles. The summed E-state index contributed by atoms with van der Waals surface area (Å²) in [6.07, 6.45) is 5.09. The van der Waals surface area contributed by atoms with Gasteiger partial charge in [-0.1, -0.05) is 13.8 Å². The summed E-state index contributed by atoms with van der Waals surface area (Å²) in [5, 5.41) is 4.30. The molecular formula is C23H30N6O. The average Bonchev–Trinajstić information content (AvgIpc) is 2.71. The molecule has 3 atom stereocenters. The maximum absolute atomic E-state index is 12.4. The van der Waals surface area contributed by atoms with Gasteiger partial charge in [0.2, 0.25) is 0 Å². The van der Waals surface area contributed by atoms with Gasteiger partial charge >= 0.3 is 0 Å². The Morgan fingerprint density at radius 3 is 2.47 bits per heavy atom. The largest absolute Gasteiger partial charge is 0.399 e. The van der Waals surface area contributed by atoms with E-state index in [0.29, 0.717) is 23.3 Å². The third-order valence-electron chi connectivity index (χ3n) is 5.92. The van der Waals surface area contributed by atoms with Crippen molar-refractivity contribution in [3.8, 4) is 0 Å². The molecule has 3 aromatic rings. The molecule has 0 spiro atoms. The number of piperidine rings is 1. The molecule has 30 heavy (non-hydrogen) atoms. The van der Waals surface area contributed by atoms with Crippen LogP contribution < -0.4 is 21.5 Å². The summed E-state index contributed by atoms with van der Waals surface area (Å²) in [4.78, 5) is 24.0. The van der Waals surface area contributed by atoms with E-state index in [0.717, 1.165) is 35.4 Å². The van der Waals surface area contributed by atoms with E-state index in [1.807, 2.05) is 31.5 Å². The van der Waals surface area contributed by atoms with Crippen molar-refractivity contribution in [2.24, 2.45) is 18.9 Å². The molecule has 0 bridgehead atoms. The molecule has 1 aromatic carbocycles. The Morgan fingerprint density at radius 2 is 1.80 bits per heavy atom. The SMILES string of the molecule is CC(Nc1cc(=O)n(C)c2ccc(N)cc12)c1ncc(N2C[C@H](C)C[C@H](C)C2)cn1. The second-order valence-corrected chi connectivity index (χ2v) is 8.75. The third kappa shape index (κ3) is 3.97. The average molecular weight is 407 g/mol. The third-order valence-corrected chi connectivity index (χ3v) is 5.92. The quantitative estimate of drug-likeness (QED) is 0.644. The Bertz CT molecular complexity index is 1100. The Balaban J connectivity index is 1.57. The van der Waals surface area contributed by atoms with Gasteiger partial charge in [0.05, 0.1) is 29.6 Å². The number of aromatic nitrogens is 3. The minimum absolute atomic E-state index is 0.0772. The van der Waals surface area contributed by atoms with Crippen LogP contribution in [0.2, 0.25) is 0 Å². The zero-order chi connectivity index (χ0) is 21.4. The molecule has 0 radical (unpaired) electrons. The predicted octanol–water partition coefficient (Wildman–Crippen LogP) is 3.57. The highest BCUT2D eigenvalue weighted by Gasteiger charge is 2.22. The maximum Gasteiger partial charge on any atom is 0.252 e. The van der Waals surface area contributed by atoms with E-state index < -0.39 is 0 Å². The predicted molar refractivity (Wildman–Crippen MR) is 123 cm³/mol. The molecule has 2 aromatic heterocycles. The number of nitrogens with one attached hydrogen (secondary N) is 1. The summed E-state index contributed by atoms with van der Waals surface area (Å²) in [5.74, 6) is 2.04. The monoisotopic (exact) mass is 406 g/mol. The van der Waals surface area contributed by atoms with E-state index in [1.54, 1.807) is 23.7 Å². The Kier molecular flexibility index (Phi) is 5.37. The first-order valence-corrected chi connectivity index (χ1v) is 10.5. The normalized spacial score (nSPS) is 20.3. The zero-order valence-electron chi connectivity index (χ0n) is 18.1. The van der Waals surface area contributed by atoms with E-state index in [4.69, 9.17) is 5.73 Å². The van der Waals surface area contributed by atoms with Crippen molar-refractivity contribution in [3.63, 3.8) is 0 Å². The second kappa shape index (κ2) is 7.97. The standard InChI is InChI=1S/C23H30N6O/c1-14-7-15(2)13-29(12-14)18-10-25-23(26-11-18)16(3)27-20-9-22(30)28(4)21-6-5-17(24)8-19(20)21/h5-6,8-11,14-16,27H,7,12-13,24H2,1-4H3/t14-,15+,16?. The van der Waals surface area contributed by atoms with E-state index >= 15 is 0 Å². The van der Waals surface area contributed by atoms with Gasteiger partial charge in [-0.05, 0) is 43.4 Å². The molecule has 1 fully saturated rings. The topological polar surface area (TPSA) is 89.1 Å². The van der Waals surface area contributed by atoms with Gasteiger partial charge in [0.1, 0.15) is 5.82 Å². The first kappa shape index (κ1) is 20.2. The van der Waals surface area contributed by atoms with Crippen LogP contribution >= 0.6 is 0 Å². The van der Waals surface area contributed by atoms with Gasteiger partial charge in [-0.2, -0.15) is 0 Å². The number of nitrogen functional groups attached to an aromatic ring is 1. The van der Waals surface area contributed by atoms with Crippen molar-refractivity contribution in [2.75, 3.05) is 29.0 Å². The number of hydrogen-bond acceptors (Lipinski definition) is 6. The lowest BCUT2D eigenvalue weighted by molar-refractivity contribution is 0.356. The van der Waals surface area contributed by atoms with E-state index in [1.165, 1.54) is 6.42 Å². The number of nitrogens with zero attached hydrogens (tertiary/aromatic N) is 4. The van der Waals surface area contributed by atoms with Gasteiger partial charge < -0.3 is 20.5 Å². The molecule has 3 heterocycles. The second-order valence-electron chi connectivity index (χ2n) is 8.75. The summed E-state index contributed by atoms with van der Waals surface area (Å²) in [5.41, 5.74) is 9.19. The molecular weight excluding hydrogens is 376 g/mol. The highest BCUT2D eigenvalue weighted by atomic mass is 16.1. The van der Waals surface area contributed by atoms with E-state index in [2.05, 4.69) is 34.0 Å². The summed E-state index contributed by atoms with van der Waals surface area (Å²) in [6.45, 7) is 8.68. The van der Waals surface area contributed by atoms with Crippen LogP contribution in [0.4, 0.5) is 17.1 Å². The number of nitrogens with two attached hydrogens (primary N) is 1. The Hall–Kier alpha value is -3.09. The highest BCUT2D eigenvalue weighted by molar-refractivity contribution is 5.93. The van der Waals surface area contributed by atoms with Crippen LogP contribution in [0.15, 0.2) is 41.5 Å². The van der Waals surface area contributed by atoms with Crippen molar-refractivity contribution >= 4 is 28.0 Å². The molecule has 0 amide bonds. The number of rotatable bonds is 4. The highest BCUT2D eigenvalue weighted by Crippen LogP contribution is 2.28. The van der Waals surface area contributed by atoms with Gasteiger partial charge in [0.15, 0.2) is 0 Å². The number of anilines is 3. The van der Waals surface area contributed by atoms with Crippen molar-refractivity contribution < 1.29 is 0 Å². The Labute approximate surface area is 176 Å². The first-order chi connectivity index (χ1) is 14.3. The van der Waals surface area contributed by atoms with Crippen LogP contribution in [0.5, 0.6) is 0 Å². The molecule has 7 nitrogen and oxygen atoms in total. The maximum atomic E-state index is 12.4. The van der Waals surface area contributed by atoms with E-state index in [-0.39, 0.29) is 11.6 Å². The minimum atomic E-state index is -0.157. The lowest BCUT2D eigenvalue weighted by Crippen LogP contribution is -2.38. The van der Waals surface area contributed by atoms with Crippen LogP contribution in [0, 0.1) is 11.8 Å². The van der Waals surface area contributed by atoms with Gasteiger partial charge in [-0.25, -0.2) is 9.97 Å². The molecule has 3 N–H and O–H groups in total. The van der Waals surface area contributed by atoms with Gasteiger partial charge in [-0.3, -0.25) is 4.79 Å². The van der Waals surface area contributed by atoms with E-state index in [9.17, 15) is 4.79 Å². The fourth-order valence-corrected chi connectivity index (χ4v) is 4.49.